The van der Waals surface area contributed by atoms with Crippen molar-refractivity contribution in [3.8, 4) is 0 Å². The lowest BCUT2D eigenvalue weighted by Crippen LogP contribution is -2.22. The third-order valence-electron chi connectivity index (χ3n) is 3.35. The zero-order chi connectivity index (χ0) is 12.3. The van der Waals surface area contributed by atoms with Crippen molar-refractivity contribution in [2.24, 2.45) is 5.92 Å². The van der Waals surface area contributed by atoms with E-state index in [1.54, 1.807) is 19.1 Å². The van der Waals surface area contributed by atoms with Crippen LogP contribution in [0.4, 0.5) is 0 Å². The lowest BCUT2D eigenvalue weighted by molar-refractivity contribution is 0.00717. The van der Waals surface area contributed by atoms with Crippen LogP contribution in [0.3, 0.4) is 0 Å². The molecule has 1 aromatic carbocycles. The van der Waals surface area contributed by atoms with Crippen LogP contribution in [0, 0.1) is 5.92 Å². The number of aliphatic hydroxyl groups excluding tert-OH is 1. The van der Waals surface area contributed by atoms with Gasteiger partial charge in [-0.2, -0.15) is 0 Å². The van der Waals surface area contributed by atoms with Gasteiger partial charge in [-0.3, -0.25) is 4.79 Å². The minimum absolute atomic E-state index is 0.0334. The predicted molar refractivity (Wildman–Crippen MR) is 64.9 cm³/mol. The van der Waals surface area contributed by atoms with Gasteiger partial charge in [-0.1, -0.05) is 18.2 Å². The van der Waals surface area contributed by atoms with E-state index in [9.17, 15) is 9.90 Å². The van der Waals surface area contributed by atoms with Gasteiger partial charge in [-0.25, -0.2) is 0 Å². The Hall–Kier alpha value is -1.19. The van der Waals surface area contributed by atoms with E-state index in [1.165, 1.54) is 0 Å². The molecule has 1 aliphatic heterocycles. The van der Waals surface area contributed by atoms with Gasteiger partial charge in [0.25, 0.3) is 0 Å². The fraction of sp³-hybridized carbons (Fsp3) is 0.500. The van der Waals surface area contributed by atoms with Crippen LogP contribution in [0.2, 0.25) is 0 Å². The van der Waals surface area contributed by atoms with Gasteiger partial charge in [0.2, 0.25) is 0 Å². The average Bonchev–Trinajstić information content (AvgIpc) is 2.39. The van der Waals surface area contributed by atoms with Crippen LogP contribution in [0.1, 0.15) is 41.8 Å². The average molecular weight is 234 g/mol. The van der Waals surface area contributed by atoms with E-state index >= 15 is 0 Å². The molecular formula is C14H18O3. The smallest absolute Gasteiger partial charge is 0.159 e. The highest BCUT2D eigenvalue weighted by Gasteiger charge is 2.23. The van der Waals surface area contributed by atoms with E-state index < -0.39 is 6.10 Å². The molecule has 0 bridgehead atoms. The molecular weight excluding hydrogens is 216 g/mol. The van der Waals surface area contributed by atoms with Crippen molar-refractivity contribution >= 4 is 5.78 Å². The van der Waals surface area contributed by atoms with Crippen molar-refractivity contribution in [3.05, 3.63) is 35.4 Å². The third kappa shape index (κ3) is 2.93. The molecule has 92 valence electrons. The van der Waals surface area contributed by atoms with Crippen LogP contribution < -0.4 is 0 Å². The second kappa shape index (κ2) is 5.43. The minimum atomic E-state index is -0.488. The van der Waals surface area contributed by atoms with Crippen LogP contribution in [0.15, 0.2) is 24.3 Å². The number of carbonyl (C=O) groups excluding carboxylic acids is 1. The summed E-state index contributed by atoms with van der Waals surface area (Å²) in [5.74, 6) is 0.275. The standard InChI is InChI=1S/C14H18O3/c1-10(15)12-3-2-4-13(9-12)14(16)11-5-7-17-8-6-11/h2-4,9,11,14,16H,5-8H2,1H3. The van der Waals surface area contributed by atoms with E-state index in [4.69, 9.17) is 4.74 Å². The Kier molecular flexibility index (Phi) is 3.92. The second-order valence-corrected chi connectivity index (χ2v) is 4.58. The highest BCUT2D eigenvalue weighted by atomic mass is 16.5. The van der Waals surface area contributed by atoms with E-state index in [-0.39, 0.29) is 11.7 Å². The Labute approximate surface area is 101 Å². The van der Waals surface area contributed by atoms with Gasteiger partial charge in [-0.05, 0) is 37.3 Å². The highest BCUT2D eigenvalue weighted by molar-refractivity contribution is 5.94. The van der Waals surface area contributed by atoms with Crippen LogP contribution in [0.5, 0.6) is 0 Å². The zero-order valence-electron chi connectivity index (χ0n) is 10.1. The first-order chi connectivity index (χ1) is 8.18. The quantitative estimate of drug-likeness (QED) is 0.817. The molecule has 0 amide bonds. The first kappa shape index (κ1) is 12.3. The van der Waals surface area contributed by atoms with Gasteiger partial charge < -0.3 is 9.84 Å². The summed E-state index contributed by atoms with van der Waals surface area (Å²) < 4.78 is 5.28. The van der Waals surface area contributed by atoms with Crippen LogP contribution in [0.25, 0.3) is 0 Å². The molecule has 1 fully saturated rings. The molecule has 3 nitrogen and oxygen atoms in total. The van der Waals surface area contributed by atoms with E-state index in [2.05, 4.69) is 0 Å². The van der Waals surface area contributed by atoms with E-state index in [0.717, 1.165) is 18.4 Å². The molecule has 17 heavy (non-hydrogen) atoms. The topological polar surface area (TPSA) is 46.5 Å². The van der Waals surface area contributed by atoms with Gasteiger partial charge in [0, 0.05) is 18.8 Å². The second-order valence-electron chi connectivity index (χ2n) is 4.58. The zero-order valence-corrected chi connectivity index (χ0v) is 10.1. The number of rotatable bonds is 3. The summed E-state index contributed by atoms with van der Waals surface area (Å²) in [6.45, 7) is 2.97. The molecule has 1 N–H and O–H groups in total. The van der Waals surface area contributed by atoms with Gasteiger partial charge in [-0.15, -0.1) is 0 Å². The molecule has 1 unspecified atom stereocenters. The summed E-state index contributed by atoms with van der Waals surface area (Å²) >= 11 is 0. The van der Waals surface area contributed by atoms with E-state index in [1.807, 2.05) is 12.1 Å². The molecule has 0 saturated carbocycles. The molecule has 0 spiro atoms. The lowest BCUT2D eigenvalue weighted by atomic mass is 9.88. The Balaban J connectivity index is 2.14. The Morgan fingerprint density at radius 2 is 2.12 bits per heavy atom. The molecule has 1 heterocycles. The van der Waals surface area contributed by atoms with Crippen molar-refractivity contribution in [1.82, 2.24) is 0 Å². The van der Waals surface area contributed by atoms with Crippen molar-refractivity contribution in [2.45, 2.75) is 25.9 Å². The molecule has 1 aliphatic rings. The largest absolute Gasteiger partial charge is 0.388 e. The number of hydrogen-bond donors (Lipinski definition) is 1. The summed E-state index contributed by atoms with van der Waals surface area (Å²) in [5.41, 5.74) is 1.50. The number of Topliss-reactive ketones (excluding diaryl/α,β-unsaturated/α-hetero) is 1. The molecule has 1 aromatic rings. The maximum atomic E-state index is 11.3. The van der Waals surface area contributed by atoms with Crippen molar-refractivity contribution in [2.75, 3.05) is 13.2 Å². The number of ether oxygens (including phenoxy) is 1. The van der Waals surface area contributed by atoms with Gasteiger partial charge >= 0.3 is 0 Å². The van der Waals surface area contributed by atoms with Crippen LogP contribution in [-0.2, 0) is 4.74 Å². The Morgan fingerprint density at radius 1 is 1.41 bits per heavy atom. The molecule has 2 rings (SSSR count). The summed E-state index contributed by atoms with van der Waals surface area (Å²) in [6, 6.07) is 7.28. The van der Waals surface area contributed by atoms with Gasteiger partial charge in [0.05, 0.1) is 6.10 Å². The number of benzene rings is 1. The summed E-state index contributed by atoms with van der Waals surface area (Å²) in [4.78, 5) is 11.3. The fourth-order valence-electron chi connectivity index (χ4n) is 2.25. The van der Waals surface area contributed by atoms with E-state index in [0.29, 0.717) is 18.8 Å². The minimum Gasteiger partial charge on any atom is -0.388 e. The molecule has 0 aromatic heterocycles. The Bertz CT molecular complexity index is 394. The molecule has 0 radical (unpaired) electrons. The lowest BCUT2D eigenvalue weighted by Gasteiger charge is -2.27. The summed E-state index contributed by atoms with van der Waals surface area (Å²) in [7, 11) is 0. The monoisotopic (exact) mass is 234 g/mol. The summed E-state index contributed by atoms with van der Waals surface area (Å²) in [5, 5.41) is 10.3. The SMILES string of the molecule is CC(=O)c1cccc(C(O)C2CCOCC2)c1. The first-order valence-electron chi connectivity index (χ1n) is 6.05. The molecule has 3 heteroatoms. The number of carbonyl (C=O) groups is 1. The normalized spacial score (nSPS) is 18.9. The molecule has 1 atom stereocenters. The van der Waals surface area contributed by atoms with Gasteiger partial charge in [0.15, 0.2) is 5.78 Å². The van der Waals surface area contributed by atoms with Gasteiger partial charge in [0.1, 0.15) is 0 Å². The Morgan fingerprint density at radius 3 is 2.76 bits per heavy atom. The third-order valence-corrected chi connectivity index (χ3v) is 3.35. The molecule has 0 aliphatic carbocycles. The number of ketones is 1. The van der Waals surface area contributed by atoms with Crippen molar-refractivity contribution in [1.29, 1.82) is 0 Å². The highest BCUT2D eigenvalue weighted by Crippen LogP contribution is 2.30. The van der Waals surface area contributed by atoms with Crippen LogP contribution >= 0.6 is 0 Å². The number of hydrogen-bond acceptors (Lipinski definition) is 3. The molecule has 1 saturated heterocycles. The first-order valence-corrected chi connectivity index (χ1v) is 6.05. The van der Waals surface area contributed by atoms with Crippen molar-refractivity contribution in [3.63, 3.8) is 0 Å². The number of aliphatic hydroxyl groups is 1. The maximum absolute atomic E-state index is 11.3. The van der Waals surface area contributed by atoms with Crippen molar-refractivity contribution < 1.29 is 14.6 Å². The summed E-state index contributed by atoms with van der Waals surface area (Å²) in [6.07, 6.45) is 1.27. The maximum Gasteiger partial charge on any atom is 0.159 e. The predicted octanol–water partition coefficient (Wildman–Crippen LogP) is 2.35. The fourth-order valence-corrected chi connectivity index (χ4v) is 2.25. The van der Waals surface area contributed by atoms with Crippen LogP contribution in [-0.4, -0.2) is 24.1 Å².